The number of benzene rings is 3. The molecule has 3 aromatic rings. The van der Waals surface area contributed by atoms with Gasteiger partial charge < -0.3 is 57.2 Å². The second-order valence-electron chi connectivity index (χ2n) is 16.9. The Kier molecular flexibility index (Phi) is 41.9. The van der Waals surface area contributed by atoms with Gasteiger partial charge in [0.25, 0.3) is 0 Å². The van der Waals surface area contributed by atoms with Crippen LogP contribution in [0.4, 0.5) is 0 Å². The van der Waals surface area contributed by atoms with Crippen LogP contribution in [0.2, 0.25) is 0 Å². The molecule has 0 radical (unpaired) electrons. The smallest absolute Gasteiger partial charge is 0.747 e. The number of unbranched alkanes of at least 4 members (excludes halogenated alkanes) is 3. The molecule has 0 aliphatic heterocycles. The molecule has 0 spiro atoms. The molecule has 21 nitrogen and oxygen atoms in total. The Balaban J connectivity index is -0.00000102. The predicted molar refractivity (Wildman–Crippen MR) is 269 cm³/mol. The Morgan fingerprint density at radius 2 is 0.680 bits per heavy atom. The third kappa shape index (κ3) is 38.0. The maximum atomic E-state index is 11.1. The Bertz CT molecular complexity index is 2480. The van der Waals surface area contributed by atoms with E-state index in [1.54, 1.807) is 18.2 Å². The van der Waals surface area contributed by atoms with Crippen LogP contribution in [0.3, 0.4) is 0 Å². The molecule has 0 aliphatic rings. The van der Waals surface area contributed by atoms with E-state index in [2.05, 4.69) is 0 Å². The molecule has 6 N–H and O–H groups in total. The summed E-state index contributed by atoms with van der Waals surface area (Å²) >= 11 is 0. The van der Waals surface area contributed by atoms with Gasteiger partial charge in [-0.1, -0.05) is 54.6 Å². The van der Waals surface area contributed by atoms with Gasteiger partial charge in [0.05, 0.1) is 0 Å². The van der Waals surface area contributed by atoms with Crippen molar-refractivity contribution in [2.24, 2.45) is 0 Å². The van der Waals surface area contributed by atoms with Crippen LogP contribution in [0.5, 0.6) is 17.2 Å². The molecule has 0 saturated carbocycles. The molecule has 0 aromatic heterocycles. The third-order valence-electron chi connectivity index (χ3n) is 9.94. The summed E-state index contributed by atoms with van der Waals surface area (Å²) in [5.41, 5.74) is 5.93. The van der Waals surface area contributed by atoms with Gasteiger partial charge in [-0.05, 0) is 169 Å². The predicted octanol–water partition coefficient (Wildman–Crippen LogP) is -1.37. The van der Waals surface area contributed by atoms with Gasteiger partial charge in [-0.25, -0.2) is 25.3 Å². The van der Waals surface area contributed by atoms with Crippen LogP contribution >= 0.6 is 22.8 Å². The Morgan fingerprint density at radius 1 is 0.467 bits per heavy atom. The average Bonchev–Trinajstić information content (AvgIpc) is 3.21. The van der Waals surface area contributed by atoms with Crippen LogP contribution in [0.25, 0.3) is 0 Å². The van der Waals surface area contributed by atoms with Crippen molar-refractivity contribution in [3.05, 3.63) is 124 Å². The fourth-order valence-electron chi connectivity index (χ4n) is 6.25. The largest absolute Gasteiger partial charge is 1.00 e. The van der Waals surface area contributed by atoms with Crippen LogP contribution < -0.4 is 168 Å². The van der Waals surface area contributed by atoms with Gasteiger partial charge in [0.15, 0.2) is 15.0 Å². The summed E-state index contributed by atoms with van der Waals surface area (Å²) in [4.78, 5) is 47.2. The van der Waals surface area contributed by atoms with Crippen LogP contribution in [0.1, 0.15) is 95.2 Å². The van der Waals surface area contributed by atoms with Gasteiger partial charge in [0.2, 0.25) is 0 Å². The number of hydrogen-bond acceptors (Lipinski definition) is 15. The molecular formula is C45H66K3O21P3S3. The van der Waals surface area contributed by atoms with Gasteiger partial charge >= 0.3 is 177 Å². The van der Waals surface area contributed by atoms with E-state index >= 15 is 0 Å². The molecule has 0 saturated heterocycles. The molecule has 75 heavy (non-hydrogen) atoms. The molecule has 0 heterocycles. The van der Waals surface area contributed by atoms with Crippen LogP contribution in [-0.2, 0) is 44.0 Å². The van der Waals surface area contributed by atoms with E-state index < -0.39 is 68.1 Å². The quantitative estimate of drug-likeness (QED) is 0.0169. The number of hydrogen-bond donors (Lipinski definition) is 6. The van der Waals surface area contributed by atoms with E-state index in [4.69, 9.17) is 43.6 Å². The van der Waals surface area contributed by atoms with E-state index in [9.17, 15) is 52.6 Å². The van der Waals surface area contributed by atoms with Crippen molar-refractivity contribution in [3.8, 4) is 17.2 Å². The molecule has 0 amide bonds. The summed E-state index contributed by atoms with van der Waals surface area (Å²) in [7, 11) is -30.0. The van der Waals surface area contributed by atoms with Crippen molar-refractivity contribution in [2.75, 3.05) is 19.8 Å². The van der Waals surface area contributed by atoms with Gasteiger partial charge in [-0.2, -0.15) is 0 Å². The van der Waals surface area contributed by atoms with Crippen molar-refractivity contribution in [1.82, 2.24) is 0 Å². The molecule has 408 valence electrons. The Labute approximate surface area is 569 Å². The van der Waals surface area contributed by atoms with Crippen molar-refractivity contribution >= 4 is 53.1 Å². The normalized spacial score (nSPS) is 13.9. The maximum absolute atomic E-state index is 11.1. The first kappa shape index (κ1) is 80.6. The molecule has 3 atom stereocenters. The summed E-state index contributed by atoms with van der Waals surface area (Å²) in [5.74, 6) is 2.21. The zero-order chi connectivity index (χ0) is 55.1. The third-order valence-corrected chi connectivity index (χ3v) is 20.5. The second kappa shape index (κ2) is 39.0. The molecular weight excluding hydrogens is 1180 g/mol. The number of aryl methyl sites for hydroxylation is 3. The monoisotopic (exact) mass is 1250 g/mol. The number of ether oxygens (including phenoxy) is 3. The van der Waals surface area contributed by atoms with E-state index in [0.717, 1.165) is 50.7 Å². The first-order valence-corrected chi connectivity index (χ1v) is 31.5. The maximum Gasteiger partial charge on any atom is 1.00 e. The topological polar surface area (TPSA) is 372 Å². The van der Waals surface area contributed by atoms with Crippen LogP contribution in [0, 0.1) is 20.8 Å². The van der Waals surface area contributed by atoms with Crippen molar-refractivity contribution in [1.29, 1.82) is 0 Å². The van der Waals surface area contributed by atoms with Crippen molar-refractivity contribution < 1.29 is 250 Å². The number of rotatable bonds is 27. The van der Waals surface area contributed by atoms with E-state index in [1.165, 1.54) is 0 Å². The fourth-order valence-corrected chi connectivity index (χ4v) is 13.2. The molecule has 0 bridgehead atoms. The molecule has 0 fully saturated rings. The average molecular weight is 1250 g/mol. The van der Waals surface area contributed by atoms with Gasteiger partial charge in [-0.15, -0.1) is 0 Å². The van der Waals surface area contributed by atoms with Crippen molar-refractivity contribution in [2.45, 2.75) is 114 Å². The first-order chi connectivity index (χ1) is 33.0. The minimum Gasteiger partial charge on any atom is -0.747 e. The molecule has 30 heteroatoms. The summed E-state index contributed by atoms with van der Waals surface area (Å²) in [6, 6.07) is 22.7. The SMILES string of the molecule is C/C(=C\CCCC(P(=O)(O)O)S(=O)(=O)[O-])COc1cccc(C)c1.C/C(=C\CCCC(P(=O)(O)O)S(=O)(=O)[O-])COc1cccc(C)c1.C/C(=C\CCCC(P(=O)(O)O)S(=O)(=O)[O-])COc1cccc(C)c1.[K+].[K+].[K+]. The second-order valence-corrected chi connectivity index (χ2v) is 28.0. The zero-order valence-electron chi connectivity index (χ0n) is 43.8. The molecule has 3 aromatic carbocycles. The van der Waals surface area contributed by atoms with Gasteiger partial charge in [-0.3, -0.25) is 13.7 Å². The fraction of sp³-hybridized carbons (Fsp3) is 0.467. The summed E-state index contributed by atoms with van der Waals surface area (Å²) in [5, 5.41) is 0. The van der Waals surface area contributed by atoms with E-state index in [-0.39, 0.29) is 193 Å². The summed E-state index contributed by atoms with van der Waals surface area (Å²) in [6.45, 7) is 12.4. The zero-order valence-corrected chi connectivity index (χ0v) is 58.3. The molecule has 0 aliphatic carbocycles. The van der Waals surface area contributed by atoms with Gasteiger partial charge in [0.1, 0.15) is 67.4 Å². The summed E-state index contributed by atoms with van der Waals surface area (Å²) < 4.78 is 148. The van der Waals surface area contributed by atoms with E-state index in [1.807, 2.05) is 114 Å². The summed E-state index contributed by atoms with van der Waals surface area (Å²) in [6.07, 6.45) is 5.99. The van der Waals surface area contributed by atoms with E-state index in [0.29, 0.717) is 39.1 Å². The Morgan fingerprint density at radius 3 is 0.853 bits per heavy atom. The van der Waals surface area contributed by atoms with Crippen molar-refractivity contribution in [3.63, 3.8) is 0 Å². The van der Waals surface area contributed by atoms with Gasteiger partial charge in [0, 0.05) is 0 Å². The van der Waals surface area contributed by atoms with Crippen LogP contribution in [-0.4, -0.2) is 103 Å². The van der Waals surface area contributed by atoms with Crippen LogP contribution in [0.15, 0.2) is 108 Å². The first-order valence-electron chi connectivity index (χ1n) is 22.0. The standard InChI is InChI=1S/3C15H23O7PS.3K/c3*1-12-7-5-8-14(10-12)22-11-13(2)6-3-4-9-15(23(16,17)18)24(19,20)21;;;/h3*5-8,10,15H,3-4,9,11H2,1-2H3,(H2,16,17,18)(H,19,20,21);;;/q;;;3*+1/p-3/b3*13-6+;;;. The minimum atomic E-state index is -5.03. The number of allylic oxidation sites excluding steroid dienone is 3. The Hall–Kier alpha value is 1.37. The molecule has 3 rings (SSSR count). The molecule has 3 unspecified atom stereocenters. The minimum absolute atomic E-state index is 0.